The van der Waals surface area contributed by atoms with Crippen molar-refractivity contribution in [3.05, 3.63) is 29.6 Å². The molecule has 0 radical (unpaired) electrons. The van der Waals surface area contributed by atoms with E-state index in [1.54, 1.807) is 0 Å². The van der Waals surface area contributed by atoms with Crippen molar-refractivity contribution in [3.63, 3.8) is 0 Å². The fourth-order valence-electron chi connectivity index (χ4n) is 1.19. The lowest BCUT2D eigenvalue weighted by atomic mass is 9.91. The molecule has 0 aromatic carbocycles. The predicted molar refractivity (Wildman–Crippen MR) is 57.0 cm³/mol. The van der Waals surface area contributed by atoms with Gasteiger partial charge in [-0.3, -0.25) is 4.98 Å². The summed E-state index contributed by atoms with van der Waals surface area (Å²) in [5.74, 6) is 0.516. The molecule has 0 spiro atoms. The number of pyridine rings is 1. The van der Waals surface area contributed by atoms with E-state index in [4.69, 9.17) is 0 Å². The SMILES string of the molecule is CC(C)c1cccc(C(C)(C)C)n1. The highest BCUT2D eigenvalue weighted by Crippen LogP contribution is 2.21. The maximum atomic E-state index is 4.64. The normalized spacial score (nSPS) is 12.2. The van der Waals surface area contributed by atoms with Gasteiger partial charge in [0, 0.05) is 16.8 Å². The van der Waals surface area contributed by atoms with Crippen molar-refractivity contribution in [2.24, 2.45) is 0 Å². The Morgan fingerprint density at radius 1 is 1.15 bits per heavy atom. The van der Waals surface area contributed by atoms with E-state index in [1.807, 2.05) is 0 Å². The summed E-state index contributed by atoms with van der Waals surface area (Å²) in [6, 6.07) is 6.30. The highest BCUT2D eigenvalue weighted by atomic mass is 14.7. The molecule has 1 nitrogen and oxygen atoms in total. The topological polar surface area (TPSA) is 12.9 Å². The largest absolute Gasteiger partial charge is 0.257 e. The predicted octanol–water partition coefficient (Wildman–Crippen LogP) is 3.50. The van der Waals surface area contributed by atoms with Crippen LogP contribution in [-0.4, -0.2) is 4.98 Å². The Morgan fingerprint density at radius 3 is 2.23 bits per heavy atom. The van der Waals surface area contributed by atoms with Crippen molar-refractivity contribution in [1.82, 2.24) is 4.98 Å². The Bertz CT molecular complexity index is 281. The molecule has 1 aromatic heterocycles. The zero-order valence-electron chi connectivity index (χ0n) is 9.26. The molecule has 1 heteroatoms. The van der Waals surface area contributed by atoms with Crippen LogP contribution in [0.4, 0.5) is 0 Å². The van der Waals surface area contributed by atoms with Crippen molar-refractivity contribution in [2.75, 3.05) is 0 Å². The maximum absolute atomic E-state index is 4.64. The molecule has 13 heavy (non-hydrogen) atoms. The quantitative estimate of drug-likeness (QED) is 0.639. The summed E-state index contributed by atoms with van der Waals surface area (Å²) in [6.07, 6.45) is 0. The smallest absolute Gasteiger partial charge is 0.0460 e. The van der Waals surface area contributed by atoms with E-state index >= 15 is 0 Å². The first kappa shape index (κ1) is 10.2. The molecule has 0 aliphatic carbocycles. The molecule has 0 N–H and O–H groups in total. The van der Waals surface area contributed by atoms with Crippen molar-refractivity contribution < 1.29 is 0 Å². The monoisotopic (exact) mass is 177 g/mol. The molecule has 0 bridgehead atoms. The van der Waals surface area contributed by atoms with Crippen molar-refractivity contribution in [3.8, 4) is 0 Å². The van der Waals surface area contributed by atoms with Crippen LogP contribution in [0.1, 0.15) is 51.9 Å². The Morgan fingerprint density at radius 2 is 1.77 bits per heavy atom. The van der Waals surface area contributed by atoms with Crippen LogP contribution in [0.2, 0.25) is 0 Å². The van der Waals surface area contributed by atoms with Gasteiger partial charge >= 0.3 is 0 Å². The van der Waals surface area contributed by atoms with Gasteiger partial charge in [-0.05, 0) is 18.1 Å². The van der Waals surface area contributed by atoms with E-state index in [0.29, 0.717) is 5.92 Å². The van der Waals surface area contributed by atoms with Crippen LogP contribution in [0.15, 0.2) is 18.2 Å². The Labute approximate surface area is 81.2 Å². The van der Waals surface area contributed by atoms with Crippen LogP contribution >= 0.6 is 0 Å². The molecule has 1 heterocycles. The molecular formula is C12H19N. The minimum absolute atomic E-state index is 0.158. The molecule has 0 atom stereocenters. The number of hydrogen-bond donors (Lipinski definition) is 0. The van der Waals surface area contributed by atoms with E-state index in [2.05, 4.69) is 57.8 Å². The highest BCUT2D eigenvalue weighted by molar-refractivity contribution is 5.19. The summed E-state index contributed by atoms with van der Waals surface area (Å²) in [4.78, 5) is 4.64. The molecule has 0 saturated heterocycles. The maximum Gasteiger partial charge on any atom is 0.0460 e. The molecule has 1 rings (SSSR count). The Kier molecular flexibility index (Phi) is 2.74. The van der Waals surface area contributed by atoms with Gasteiger partial charge in [0.15, 0.2) is 0 Å². The van der Waals surface area contributed by atoms with Gasteiger partial charge in [-0.15, -0.1) is 0 Å². The number of aromatic nitrogens is 1. The van der Waals surface area contributed by atoms with Gasteiger partial charge in [0.1, 0.15) is 0 Å². The second-order valence-corrected chi connectivity index (χ2v) is 4.85. The third-order valence-electron chi connectivity index (χ3n) is 2.13. The lowest BCUT2D eigenvalue weighted by Crippen LogP contribution is -2.14. The zero-order valence-corrected chi connectivity index (χ0v) is 9.26. The lowest BCUT2D eigenvalue weighted by molar-refractivity contribution is 0.563. The van der Waals surface area contributed by atoms with Gasteiger partial charge in [0.05, 0.1) is 0 Å². The Balaban J connectivity index is 3.06. The molecule has 0 unspecified atom stereocenters. The molecule has 0 amide bonds. The standard InChI is InChI=1S/C12H19N/c1-9(2)10-7-6-8-11(13-10)12(3,4)5/h6-9H,1-5H3. The lowest BCUT2D eigenvalue weighted by Gasteiger charge is -2.19. The second-order valence-electron chi connectivity index (χ2n) is 4.85. The summed E-state index contributed by atoms with van der Waals surface area (Å²) in [6.45, 7) is 10.9. The van der Waals surface area contributed by atoms with E-state index in [9.17, 15) is 0 Å². The van der Waals surface area contributed by atoms with Crippen LogP contribution in [0.25, 0.3) is 0 Å². The van der Waals surface area contributed by atoms with Crippen LogP contribution in [0.3, 0.4) is 0 Å². The van der Waals surface area contributed by atoms with Gasteiger partial charge in [-0.25, -0.2) is 0 Å². The van der Waals surface area contributed by atoms with Gasteiger partial charge in [0.2, 0.25) is 0 Å². The average Bonchev–Trinajstić information content (AvgIpc) is 2.03. The van der Waals surface area contributed by atoms with Crippen LogP contribution < -0.4 is 0 Å². The molecule has 0 aliphatic rings. The summed E-state index contributed by atoms with van der Waals surface area (Å²) in [5.41, 5.74) is 2.52. The fraction of sp³-hybridized carbons (Fsp3) is 0.583. The first-order valence-electron chi connectivity index (χ1n) is 4.88. The number of rotatable bonds is 1. The van der Waals surface area contributed by atoms with E-state index in [0.717, 1.165) is 0 Å². The van der Waals surface area contributed by atoms with Gasteiger partial charge in [-0.2, -0.15) is 0 Å². The third kappa shape index (κ3) is 2.55. The van der Waals surface area contributed by atoms with Crippen LogP contribution in [-0.2, 0) is 5.41 Å². The van der Waals surface area contributed by atoms with Gasteiger partial charge < -0.3 is 0 Å². The fourth-order valence-corrected chi connectivity index (χ4v) is 1.19. The summed E-state index contributed by atoms with van der Waals surface area (Å²) < 4.78 is 0. The Hall–Kier alpha value is -0.850. The first-order chi connectivity index (χ1) is 5.91. The molecule has 0 fully saturated rings. The van der Waals surface area contributed by atoms with Crippen molar-refractivity contribution in [1.29, 1.82) is 0 Å². The molecule has 72 valence electrons. The summed E-state index contributed by atoms with van der Waals surface area (Å²) in [7, 11) is 0. The average molecular weight is 177 g/mol. The first-order valence-corrected chi connectivity index (χ1v) is 4.88. The summed E-state index contributed by atoms with van der Waals surface area (Å²) in [5, 5.41) is 0. The van der Waals surface area contributed by atoms with E-state index < -0.39 is 0 Å². The van der Waals surface area contributed by atoms with Crippen molar-refractivity contribution in [2.45, 2.75) is 46.0 Å². The minimum Gasteiger partial charge on any atom is -0.257 e. The van der Waals surface area contributed by atoms with Gasteiger partial charge in [-0.1, -0.05) is 40.7 Å². The number of hydrogen-bond acceptors (Lipinski definition) is 1. The molecule has 0 saturated carbocycles. The van der Waals surface area contributed by atoms with Crippen LogP contribution in [0.5, 0.6) is 0 Å². The van der Waals surface area contributed by atoms with Crippen molar-refractivity contribution >= 4 is 0 Å². The molecular weight excluding hydrogens is 158 g/mol. The minimum atomic E-state index is 0.158. The highest BCUT2D eigenvalue weighted by Gasteiger charge is 2.15. The van der Waals surface area contributed by atoms with Crippen LogP contribution in [0, 0.1) is 0 Å². The number of nitrogens with zero attached hydrogens (tertiary/aromatic N) is 1. The van der Waals surface area contributed by atoms with E-state index in [1.165, 1.54) is 11.4 Å². The molecule has 1 aromatic rings. The van der Waals surface area contributed by atoms with Gasteiger partial charge in [0.25, 0.3) is 0 Å². The van der Waals surface area contributed by atoms with E-state index in [-0.39, 0.29) is 5.41 Å². The summed E-state index contributed by atoms with van der Waals surface area (Å²) >= 11 is 0. The zero-order chi connectivity index (χ0) is 10.1. The molecule has 0 aliphatic heterocycles. The second kappa shape index (κ2) is 3.49. The third-order valence-corrected chi connectivity index (χ3v) is 2.13.